The average molecular weight is 495 g/mol. The Labute approximate surface area is 210 Å². The minimum Gasteiger partial charge on any atom is -0.478 e. The third-order valence-electron chi connectivity index (χ3n) is 6.89. The van der Waals surface area contributed by atoms with E-state index in [1.807, 2.05) is 30.3 Å². The second kappa shape index (κ2) is 11.1. The summed E-state index contributed by atoms with van der Waals surface area (Å²) in [4.78, 5) is 38.3. The maximum atomic E-state index is 13.4. The average Bonchev–Trinajstić information content (AvgIpc) is 3.11. The van der Waals surface area contributed by atoms with Gasteiger partial charge in [0.15, 0.2) is 0 Å². The van der Waals surface area contributed by atoms with Crippen LogP contribution in [-0.4, -0.2) is 26.1 Å². The third kappa shape index (κ3) is 5.27. The van der Waals surface area contributed by atoms with E-state index >= 15 is 0 Å². The lowest BCUT2D eigenvalue weighted by Crippen LogP contribution is -2.34. The second-order valence-electron chi connectivity index (χ2n) is 9.27. The molecule has 6 nitrogen and oxygen atoms in total. The Morgan fingerprint density at radius 3 is 2.37 bits per heavy atom. The van der Waals surface area contributed by atoms with Crippen molar-refractivity contribution in [3.63, 3.8) is 0 Å². The van der Waals surface area contributed by atoms with Crippen molar-refractivity contribution in [3.8, 4) is 11.1 Å². The Morgan fingerprint density at radius 1 is 1.03 bits per heavy atom. The molecule has 0 amide bonds. The van der Waals surface area contributed by atoms with E-state index in [0.717, 1.165) is 56.1 Å². The first-order valence-electron chi connectivity index (χ1n) is 12.4. The number of carboxylic acids is 1. The second-order valence-corrected chi connectivity index (χ2v) is 9.62. The van der Waals surface area contributed by atoms with Gasteiger partial charge in [0, 0.05) is 5.92 Å². The van der Waals surface area contributed by atoms with Crippen LogP contribution >= 0.6 is 11.6 Å². The van der Waals surface area contributed by atoms with Gasteiger partial charge in [0.05, 0.1) is 17.8 Å². The number of unbranched alkanes of at least 4 members (excludes halogenated alkanes) is 1. The summed E-state index contributed by atoms with van der Waals surface area (Å²) < 4.78 is 2.82. The number of aromatic nitrogens is 2. The quantitative estimate of drug-likeness (QED) is 0.399. The van der Waals surface area contributed by atoms with Gasteiger partial charge < -0.3 is 5.11 Å². The molecule has 1 saturated carbocycles. The zero-order valence-electron chi connectivity index (χ0n) is 20.0. The summed E-state index contributed by atoms with van der Waals surface area (Å²) in [6.45, 7) is 2.37. The predicted molar refractivity (Wildman–Crippen MR) is 137 cm³/mol. The van der Waals surface area contributed by atoms with E-state index in [9.17, 15) is 19.5 Å². The monoisotopic (exact) mass is 494 g/mol. The SMILES string of the molecule is CCCCc1c(Cl)n(C(=O)C2CCCCC2)c(=O)n1Cc1ccc(-c2ccccc2C(=O)O)cc1. The maximum absolute atomic E-state index is 13.4. The van der Waals surface area contributed by atoms with E-state index in [2.05, 4.69) is 6.92 Å². The number of hydrogen-bond acceptors (Lipinski definition) is 3. The lowest BCUT2D eigenvalue weighted by atomic mass is 9.88. The molecule has 1 aliphatic rings. The summed E-state index contributed by atoms with van der Waals surface area (Å²) in [5, 5.41) is 9.74. The standard InChI is InChI=1S/C28H31ClN2O4/c1-2-3-13-24-25(29)31(26(32)21-9-5-4-6-10-21)28(35)30(24)18-19-14-16-20(17-15-19)22-11-7-8-12-23(22)27(33)34/h7-8,11-12,14-17,21H,2-6,9-10,13,18H2,1H3,(H,33,34). The summed E-state index contributed by atoms with van der Waals surface area (Å²) in [6.07, 6.45) is 7.18. The normalized spacial score (nSPS) is 14.2. The molecule has 1 aliphatic carbocycles. The lowest BCUT2D eigenvalue weighted by Gasteiger charge is -2.20. The van der Waals surface area contributed by atoms with Crippen LogP contribution in [0.25, 0.3) is 11.1 Å². The number of carbonyl (C=O) groups excluding carboxylic acids is 1. The maximum Gasteiger partial charge on any atom is 0.336 e. The molecular weight excluding hydrogens is 464 g/mol. The molecule has 1 heterocycles. The molecule has 1 N–H and O–H groups in total. The van der Waals surface area contributed by atoms with Crippen molar-refractivity contribution in [1.82, 2.24) is 9.13 Å². The van der Waals surface area contributed by atoms with Gasteiger partial charge in [0.1, 0.15) is 5.15 Å². The fourth-order valence-electron chi connectivity index (χ4n) is 4.92. The van der Waals surface area contributed by atoms with E-state index in [1.165, 1.54) is 4.57 Å². The van der Waals surface area contributed by atoms with Crippen LogP contribution in [0.15, 0.2) is 53.3 Å². The summed E-state index contributed by atoms with van der Waals surface area (Å²) in [5.41, 5.74) is 2.86. The molecule has 0 radical (unpaired) electrons. The van der Waals surface area contributed by atoms with Gasteiger partial charge in [0.25, 0.3) is 0 Å². The van der Waals surface area contributed by atoms with Gasteiger partial charge in [-0.25, -0.2) is 14.2 Å². The van der Waals surface area contributed by atoms with Crippen LogP contribution in [0.1, 0.15) is 78.3 Å². The molecular formula is C28H31ClN2O4. The van der Waals surface area contributed by atoms with Crippen LogP contribution in [0.2, 0.25) is 5.15 Å². The van der Waals surface area contributed by atoms with Crippen molar-refractivity contribution >= 4 is 23.5 Å². The van der Waals surface area contributed by atoms with Gasteiger partial charge in [0.2, 0.25) is 5.91 Å². The van der Waals surface area contributed by atoms with Crippen LogP contribution in [0.5, 0.6) is 0 Å². The molecule has 7 heteroatoms. The Hall–Kier alpha value is -3.12. The Balaban J connectivity index is 1.66. The number of rotatable bonds is 8. The number of hydrogen-bond donors (Lipinski definition) is 1. The molecule has 0 saturated heterocycles. The fraction of sp³-hybridized carbons (Fsp3) is 0.393. The Kier molecular flexibility index (Phi) is 7.91. The molecule has 1 fully saturated rings. The zero-order valence-corrected chi connectivity index (χ0v) is 20.8. The van der Waals surface area contributed by atoms with E-state index in [1.54, 1.807) is 22.8 Å². The molecule has 184 valence electrons. The Morgan fingerprint density at radius 2 is 1.71 bits per heavy atom. The lowest BCUT2D eigenvalue weighted by molar-refractivity contribution is 0.0697. The molecule has 0 bridgehead atoms. The van der Waals surface area contributed by atoms with Gasteiger partial charge in [-0.15, -0.1) is 0 Å². The molecule has 0 atom stereocenters. The number of carbonyl (C=O) groups is 2. The van der Waals surface area contributed by atoms with Crippen molar-refractivity contribution in [2.24, 2.45) is 5.92 Å². The number of benzene rings is 2. The minimum atomic E-state index is -0.976. The van der Waals surface area contributed by atoms with Crippen molar-refractivity contribution < 1.29 is 14.7 Å². The number of halogens is 1. The van der Waals surface area contributed by atoms with E-state index in [4.69, 9.17) is 11.6 Å². The van der Waals surface area contributed by atoms with Gasteiger partial charge in [-0.1, -0.05) is 86.7 Å². The van der Waals surface area contributed by atoms with Gasteiger partial charge in [-0.3, -0.25) is 9.36 Å². The zero-order chi connectivity index (χ0) is 24.9. The highest BCUT2D eigenvalue weighted by atomic mass is 35.5. The van der Waals surface area contributed by atoms with Crippen LogP contribution < -0.4 is 5.69 Å². The first kappa shape index (κ1) is 25.0. The number of imidazole rings is 1. The fourth-order valence-corrected chi connectivity index (χ4v) is 5.27. The summed E-state index contributed by atoms with van der Waals surface area (Å²) in [6, 6.07) is 14.4. The van der Waals surface area contributed by atoms with Crippen molar-refractivity contribution in [3.05, 3.63) is 81.0 Å². The highest BCUT2D eigenvalue weighted by Gasteiger charge is 2.29. The predicted octanol–water partition coefficient (Wildman–Crippen LogP) is 6.28. The molecule has 0 spiro atoms. The van der Waals surface area contributed by atoms with Crippen molar-refractivity contribution in [1.29, 1.82) is 0 Å². The first-order chi connectivity index (χ1) is 16.9. The molecule has 4 rings (SSSR count). The smallest absolute Gasteiger partial charge is 0.336 e. The van der Waals surface area contributed by atoms with E-state index < -0.39 is 5.97 Å². The van der Waals surface area contributed by atoms with Gasteiger partial charge in [-0.05, 0) is 48.4 Å². The van der Waals surface area contributed by atoms with Crippen LogP contribution in [0.3, 0.4) is 0 Å². The van der Waals surface area contributed by atoms with Crippen LogP contribution in [0, 0.1) is 5.92 Å². The number of aromatic carboxylic acids is 1. The highest BCUT2D eigenvalue weighted by Crippen LogP contribution is 2.28. The summed E-state index contributed by atoms with van der Waals surface area (Å²) >= 11 is 6.67. The van der Waals surface area contributed by atoms with Crippen LogP contribution in [0.4, 0.5) is 0 Å². The van der Waals surface area contributed by atoms with Gasteiger partial charge >= 0.3 is 11.7 Å². The van der Waals surface area contributed by atoms with Crippen molar-refractivity contribution in [2.45, 2.75) is 64.8 Å². The third-order valence-corrected chi connectivity index (χ3v) is 7.27. The molecule has 35 heavy (non-hydrogen) atoms. The molecule has 2 aromatic carbocycles. The first-order valence-corrected chi connectivity index (χ1v) is 12.8. The largest absolute Gasteiger partial charge is 0.478 e. The van der Waals surface area contributed by atoms with Gasteiger partial charge in [-0.2, -0.15) is 0 Å². The van der Waals surface area contributed by atoms with Crippen LogP contribution in [-0.2, 0) is 13.0 Å². The molecule has 0 aliphatic heterocycles. The topological polar surface area (TPSA) is 81.3 Å². The summed E-state index contributed by atoms with van der Waals surface area (Å²) in [7, 11) is 0. The molecule has 1 aromatic heterocycles. The van der Waals surface area contributed by atoms with E-state index in [0.29, 0.717) is 24.2 Å². The highest BCUT2D eigenvalue weighted by molar-refractivity contribution is 6.31. The number of nitrogens with zero attached hydrogens (tertiary/aromatic N) is 2. The molecule has 3 aromatic rings. The van der Waals surface area contributed by atoms with E-state index in [-0.39, 0.29) is 28.2 Å². The Bertz CT molecular complexity index is 1270. The van der Waals surface area contributed by atoms with Crippen molar-refractivity contribution in [2.75, 3.05) is 0 Å². The summed E-state index contributed by atoms with van der Waals surface area (Å²) in [5.74, 6) is -1.31. The number of carboxylic acid groups (broad SMARTS) is 1. The molecule has 0 unspecified atom stereocenters. The minimum absolute atomic E-state index is 0.151.